The fraction of sp³-hybridized carbons (Fsp3) is 0.308. The molecule has 0 unspecified atom stereocenters. The van der Waals surface area contributed by atoms with Crippen molar-refractivity contribution in [1.29, 1.82) is 0 Å². The molecule has 6 heteroatoms. The number of fused-ring (bicyclic) bond motifs is 1. The number of nitrogens with zero attached hydrogens (tertiary/aromatic N) is 3. The first-order valence-electron chi connectivity index (χ1n) is 6.09. The van der Waals surface area contributed by atoms with Crippen LogP contribution in [0.15, 0.2) is 24.3 Å². The molecule has 0 amide bonds. The number of carboxylic acids is 1. The van der Waals surface area contributed by atoms with E-state index in [1.165, 1.54) is 0 Å². The normalized spacial score (nSPS) is 18.0. The average Bonchev–Trinajstić information content (AvgIpc) is 2.82. The quantitative estimate of drug-likeness (QED) is 0.848. The first kappa shape index (κ1) is 11.7. The van der Waals surface area contributed by atoms with Gasteiger partial charge >= 0.3 is 5.97 Å². The van der Waals surface area contributed by atoms with Crippen LogP contribution >= 0.6 is 0 Å². The van der Waals surface area contributed by atoms with Crippen LogP contribution in [-0.2, 0) is 17.8 Å². The molecule has 0 saturated heterocycles. The highest BCUT2D eigenvalue weighted by Gasteiger charge is 2.27. The minimum Gasteiger partial charge on any atom is -0.508 e. The van der Waals surface area contributed by atoms with Crippen molar-refractivity contribution in [2.45, 2.75) is 19.4 Å². The lowest BCUT2D eigenvalue weighted by Crippen LogP contribution is -2.27. The van der Waals surface area contributed by atoms with E-state index in [1.807, 2.05) is 4.57 Å². The summed E-state index contributed by atoms with van der Waals surface area (Å²) in [6.45, 7) is 0.397. The molecule has 2 aromatic rings. The van der Waals surface area contributed by atoms with Gasteiger partial charge < -0.3 is 14.8 Å². The van der Waals surface area contributed by atoms with Gasteiger partial charge in [0.05, 0.1) is 5.92 Å². The molecule has 1 atom stereocenters. The van der Waals surface area contributed by atoms with Gasteiger partial charge in [0, 0.05) is 18.5 Å². The lowest BCUT2D eigenvalue weighted by Gasteiger charge is -2.21. The van der Waals surface area contributed by atoms with Crippen LogP contribution in [0.25, 0.3) is 11.4 Å². The van der Waals surface area contributed by atoms with Crippen molar-refractivity contribution in [3.05, 3.63) is 30.1 Å². The number of hydrogen-bond acceptors (Lipinski definition) is 4. The average molecular weight is 259 g/mol. The van der Waals surface area contributed by atoms with Crippen molar-refractivity contribution in [3.8, 4) is 17.1 Å². The second-order valence-electron chi connectivity index (χ2n) is 4.67. The molecule has 0 bridgehead atoms. The number of aromatic nitrogens is 3. The van der Waals surface area contributed by atoms with Crippen molar-refractivity contribution in [3.63, 3.8) is 0 Å². The van der Waals surface area contributed by atoms with Gasteiger partial charge in [0.25, 0.3) is 0 Å². The fourth-order valence-corrected chi connectivity index (χ4v) is 2.35. The Bertz CT molecular complexity index is 619. The Morgan fingerprint density at radius 2 is 2.00 bits per heavy atom. The topological polar surface area (TPSA) is 88.2 Å². The van der Waals surface area contributed by atoms with Gasteiger partial charge in [-0.1, -0.05) is 0 Å². The third-order valence-electron chi connectivity index (χ3n) is 3.42. The molecule has 0 saturated carbocycles. The van der Waals surface area contributed by atoms with Crippen LogP contribution in [0.1, 0.15) is 12.2 Å². The zero-order chi connectivity index (χ0) is 13.4. The Balaban J connectivity index is 1.99. The molecular weight excluding hydrogens is 246 g/mol. The summed E-state index contributed by atoms with van der Waals surface area (Å²) in [5.74, 6) is 0.488. The first-order valence-corrected chi connectivity index (χ1v) is 6.09. The molecule has 1 aromatic carbocycles. The van der Waals surface area contributed by atoms with E-state index in [0.29, 0.717) is 25.2 Å². The monoisotopic (exact) mass is 259 g/mol. The van der Waals surface area contributed by atoms with E-state index >= 15 is 0 Å². The Kier molecular flexibility index (Phi) is 2.70. The molecular formula is C13H13N3O3. The molecule has 0 spiro atoms. The van der Waals surface area contributed by atoms with Gasteiger partial charge in [-0.15, -0.1) is 10.2 Å². The minimum atomic E-state index is -0.781. The summed E-state index contributed by atoms with van der Waals surface area (Å²) in [7, 11) is 0. The van der Waals surface area contributed by atoms with Gasteiger partial charge in [-0.25, -0.2) is 0 Å². The van der Waals surface area contributed by atoms with E-state index in [2.05, 4.69) is 10.2 Å². The summed E-state index contributed by atoms with van der Waals surface area (Å²) in [6.07, 6.45) is 1.23. The largest absolute Gasteiger partial charge is 0.508 e. The highest BCUT2D eigenvalue weighted by atomic mass is 16.4. The number of aliphatic carboxylic acids is 1. The number of aromatic hydroxyl groups is 1. The Morgan fingerprint density at radius 3 is 2.68 bits per heavy atom. The van der Waals surface area contributed by atoms with Crippen LogP contribution in [0.2, 0.25) is 0 Å². The number of carboxylic acid groups (broad SMARTS) is 1. The van der Waals surface area contributed by atoms with Gasteiger partial charge in [0.2, 0.25) is 0 Å². The summed E-state index contributed by atoms with van der Waals surface area (Å²) in [4.78, 5) is 11.1. The molecule has 19 heavy (non-hydrogen) atoms. The third kappa shape index (κ3) is 2.05. The van der Waals surface area contributed by atoms with Crippen LogP contribution < -0.4 is 0 Å². The molecule has 1 aromatic heterocycles. The van der Waals surface area contributed by atoms with E-state index in [9.17, 15) is 9.90 Å². The second-order valence-corrected chi connectivity index (χ2v) is 4.67. The number of aryl methyl sites for hydroxylation is 1. The van der Waals surface area contributed by atoms with Crippen molar-refractivity contribution in [1.82, 2.24) is 14.8 Å². The van der Waals surface area contributed by atoms with Gasteiger partial charge in [-0.05, 0) is 30.7 Å². The zero-order valence-corrected chi connectivity index (χ0v) is 10.2. The number of phenols is 1. The van der Waals surface area contributed by atoms with Crippen LogP contribution in [-0.4, -0.2) is 30.9 Å². The van der Waals surface area contributed by atoms with E-state index in [0.717, 1.165) is 11.4 Å². The third-order valence-corrected chi connectivity index (χ3v) is 3.42. The van der Waals surface area contributed by atoms with Crippen LogP contribution in [0.3, 0.4) is 0 Å². The zero-order valence-electron chi connectivity index (χ0n) is 10.2. The number of phenolic OH excluding ortho intramolecular Hbond substituents is 1. The summed E-state index contributed by atoms with van der Waals surface area (Å²) in [5.41, 5.74) is 0.822. The van der Waals surface area contributed by atoms with Crippen molar-refractivity contribution in [2.24, 2.45) is 5.92 Å². The van der Waals surface area contributed by atoms with Crippen molar-refractivity contribution in [2.75, 3.05) is 0 Å². The molecule has 1 aliphatic heterocycles. The fourth-order valence-electron chi connectivity index (χ4n) is 2.35. The SMILES string of the molecule is O=C(O)[C@@H]1CCc2nnc(-c3ccc(O)cc3)n2C1. The van der Waals surface area contributed by atoms with E-state index < -0.39 is 5.97 Å². The van der Waals surface area contributed by atoms with Crippen LogP contribution in [0.4, 0.5) is 0 Å². The molecule has 0 aliphatic carbocycles. The molecule has 1 aliphatic rings. The maximum atomic E-state index is 11.1. The molecule has 98 valence electrons. The predicted molar refractivity (Wildman–Crippen MR) is 66.6 cm³/mol. The number of hydrogen-bond donors (Lipinski definition) is 2. The minimum absolute atomic E-state index is 0.186. The van der Waals surface area contributed by atoms with Gasteiger partial charge in [0.15, 0.2) is 5.82 Å². The van der Waals surface area contributed by atoms with Crippen molar-refractivity contribution < 1.29 is 15.0 Å². The molecule has 0 radical (unpaired) electrons. The molecule has 2 N–H and O–H groups in total. The summed E-state index contributed by atoms with van der Waals surface area (Å²) >= 11 is 0. The summed E-state index contributed by atoms with van der Waals surface area (Å²) in [6, 6.07) is 6.65. The Hall–Kier alpha value is -2.37. The van der Waals surface area contributed by atoms with Crippen molar-refractivity contribution >= 4 is 5.97 Å². The molecule has 2 heterocycles. The van der Waals surface area contributed by atoms with Gasteiger partial charge in [-0.2, -0.15) is 0 Å². The lowest BCUT2D eigenvalue weighted by atomic mass is 9.99. The van der Waals surface area contributed by atoms with E-state index in [1.54, 1.807) is 24.3 Å². The summed E-state index contributed by atoms with van der Waals surface area (Å²) in [5, 5.41) is 26.6. The van der Waals surface area contributed by atoms with E-state index in [4.69, 9.17) is 5.11 Å². The number of carbonyl (C=O) groups is 1. The predicted octanol–water partition coefficient (Wildman–Crippen LogP) is 1.30. The van der Waals surface area contributed by atoms with E-state index in [-0.39, 0.29) is 11.7 Å². The summed E-state index contributed by atoms with van der Waals surface area (Å²) < 4.78 is 1.86. The second kappa shape index (κ2) is 4.38. The number of rotatable bonds is 2. The first-order chi connectivity index (χ1) is 9.15. The van der Waals surface area contributed by atoms with Crippen LogP contribution in [0.5, 0.6) is 5.75 Å². The van der Waals surface area contributed by atoms with Gasteiger partial charge in [0.1, 0.15) is 11.6 Å². The highest BCUT2D eigenvalue weighted by Crippen LogP contribution is 2.26. The molecule has 0 fully saturated rings. The smallest absolute Gasteiger partial charge is 0.308 e. The molecule has 3 rings (SSSR count). The Labute approximate surface area is 109 Å². The maximum absolute atomic E-state index is 11.1. The Morgan fingerprint density at radius 1 is 1.26 bits per heavy atom. The standard InChI is InChI=1S/C13H13N3O3/c17-10-4-1-8(2-5-10)12-15-14-11-6-3-9(13(18)19)7-16(11)12/h1-2,4-5,9,17H,3,6-7H2,(H,18,19)/t9-/m1/s1. The maximum Gasteiger partial charge on any atom is 0.308 e. The molecule has 6 nitrogen and oxygen atoms in total. The van der Waals surface area contributed by atoms with Gasteiger partial charge in [-0.3, -0.25) is 4.79 Å². The van der Waals surface area contributed by atoms with Crippen LogP contribution in [0, 0.1) is 5.92 Å². The number of benzene rings is 1. The highest BCUT2D eigenvalue weighted by molar-refractivity contribution is 5.70. The lowest BCUT2D eigenvalue weighted by molar-refractivity contribution is -0.142.